The lowest BCUT2D eigenvalue weighted by Gasteiger charge is -2.36. The van der Waals surface area contributed by atoms with Gasteiger partial charge in [-0.05, 0) is 24.6 Å². The Bertz CT molecular complexity index is 794. The Hall–Kier alpha value is -0.860. The molecule has 1 unspecified atom stereocenters. The first-order chi connectivity index (χ1) is 13.3. The summed E-state index contributed by atoms with van der Waals surface area (Å²) in [5.74, 6) is -2.11. The minimum atomic E-state index is -4.30. The zero-order valence-corrected chi connectivity index (χ0v) is 18.6. The largest absolute Gasteiger partial charge is 0.398 e. The first-order valence-electron chi connectivity index (χ1n) is 9.17. The number of hydrogen-bond donors (Lipinski definition) is 0. The summed E-state index contributed by atoms with van der Waals surface area (Å²) in [5.41, 5.74) is 0.215. The molecule has 0 radical (unpaired) electrons. The van der Waals surface area contributed by atoms with E-state index < -0.39 is 33.4 Å². The minimum absolute atomic E-state index is 0.120. The second-order valence-corrected chi connectivity index (χ2v) is 10.5. The molecule has 1 heterocycles. The molecule has 162 valence electrons. The summed E-state index contributed by atoms with van der Waals surface area (Å²) in [4.78, 5) is 16.5. The summed E-state index contributed by atoms with van der Waals surface area (Å²) in [6.07, 6.45) is -4.30. The van der Waals surface area contributed by atoms with Gasteiger partial charge in [-0.15, -0.1) is 35.0 Å². The van der Waals surface area contributed by atoms with E-state index in [2.05, 4.69) is 0 Å². The van der Waals surface area contributed by atoms with Crippen LogP contribution in [0.15, 0.2) is 17.0 Å². The third-order valence-electron chi connectivity index (χ3n) is 5.67. The molecule has 0 spiro atoms. The number of nitrogens with zero attached hydrogens (tertiary/aromatic N) is 2. The van der Waals surface area contributed by atoms with Gasteiger partial charge in [-0.3, -0.25) is 4.79 Å². The van der Waals surface area contributed by atoms with Crippen molar-refractivity contribution in [2.24, 2.45) is 11.3 Å². The van der Waals surface area contributed by atoms with Crippen LogP contribution in [0, 0.1) is 24.1 Å². The topological polar surface area (TPSA) is 23.6 Å². The smallest absolute Gasteiger partial charge is 0.366 e. The standard InChI is InChI=1S/C19H22Cl2F4N2OS/c1-11-8-12(22)13(9-14(11)29-10-18(23,24)25)26-4-6-27(7-5-26)16(28)15-17(2,3)19(15,20)21/h8-9,15H,4-7,10H2,1-3H3. The number of halogens is 6. The highest BCUT2D eigenvalue weighted by Gasteiger charge is 2.74. The molecular formula is C19H22Cl2F4N2OS. The number of rotatable bonds is 4. The second-order valence-electron chi connectivity index (χ2n) is 8.06. The lowest BCUT2D eigenvalue weighted by atomic mass is 10.1. The minimum Gasteiger partial charge on any atom is -0.366 e. The van der Waals surface area contributed by atoms with Crippen molar-refractivity contribution in [1.29, 1.82) is 0 Å². The van der Waals surface area contributed by atoms with Crippen molar-refractivity contribution in [2.75, 3.05) is 36.8 Å². The molecule has 10 heteroatoms. The Morgan fingerprint density at radius 3 is 2.24 bits per heavy atom. The normalized spacial score (nSPS) is 23.3. The number of anilines is 1. The maximum absolute atomic E-state index is 14.5. The molecule has 1 aromatic rings. The highest BCUT2D eigenvalue weighted by molar-refractivity contribution is 7.99. The zero-order chi connectivity index (χ0) is 21.8. The van der Waals surface area contributed by atoms with E-state index in [1.54, 1.807) is 16.7 Å². The summed E-state index contributed by atoms with van der Waals surface area (Å²) in [7, 11) is 0. The summed E-state index contributed by atoms with van der Waals surface area (Å²) >= 11 is 13.1. The van der Waals surface area contributed by atoms with Gasteiger partial charge in [-0.2, -0.15) is 13.2 Å². The molecule has 2 aliphatic rings. The van der Waals surface area contributed by atoms with E-state index in [-0.39, 0.29) is 11.6 Å². The van der Waals surface area contributed by atoms with Crippen LogP contribution in [0.2, 0.25) is 0 Å². The van der Waals surface area contributed by atoms with Crippen molar-refractivity contribution in [3.63, 3.8) is 0 Å². The van der Waals surface area contributed by atoms with Crippen LogP contribution >= 0.6 is 35.0 Å². The monoisotopic (exact) mass is 472 g/mol. The SMILES string of the molecule is Cc1cc(F)c(N2CCN(C(=O)C3C(C)(C)C3(Cl)Cl)CC2)cc1SCC(F)(F)F. The van der Waals surface area contributed by atoms with Crippen molar-refractivity contribution in [3.05, 3.63) is 23.5 Å². The Kier molecular flexibility index (Phi) is 6.04. The van der Waals surface area contributed by atoms with Crippen LogP contribution in [0.3, 0.4) is 0 Å². The van der Waals surface area contributed by atoms with E-state index in [0.717, 1.165) is 0 Å². The van der Waals surface area contributed by atoms with Gasteiger partial charge in [0.15, 0.2) is 0 Å². The molecule has 1 aliphatic heterocycles. The van der Waals surface area contributed by atoms with Crippen molar-refractivity contribution in [1.82, 2.24) is 4.90 Å². The first-order valence-corrected chi connectivity index (χ1v) is 10.9. The van der Waals surface area contributed by atoms with E-state index in [1.807, 2.05) is 13.8 Å². The Morgan fingerprint density at radius 2 is 1.76 bits per heavy atom. The summed E-state index contributed by atoms with van der Waals surface area (Å²) in [5, 5.41) is 0. The molecule has 1 aliphatic carbocycles. The summed E-state index contributed by atoms with van der Waals surface area (Å²) < 4.78 is 51.0. The van der Waals surface area contributed by atoms with Crippen LogP contribution in [-0.2, 0) is 4.79 Å². The van der Waals surface area contributed by atoms with Gasteiger partial charge >= 0.3 is 6.18 Å². The Balaban J connectivity index is 1.67. The molecule has 1 saturated heterocycles. The molecule has 3 rings (SSSR count). The molecule has 1 atom stereocenters. The number of amides is 1. The molecule has 2 fully saturated rings. The molecule has 29 heavy (non-hydrogen) atoms. The number of thioether (sulfide) groups is 1. The average Bonchev–Trinajstić information content (AvgIpc) is 3.01. The average molecular weight is 473 g/mol. The van der Waals surface area contributed by atoms with Gasteiger partial charge in [-0.1, -0.05) is 13.8 Å². The summed E-state index contributed by atoms with van der Waals surface area (Å²) in [6.45, 7) is 6.76. The van der Waals surface area contributed by atoms with Crippen LogP contribution in [-0.4, -0.2) is 53.2 Å². The van der Waals surface area contributed by atoms with Crippen LogP contribution in [0.4, 0.5) is 23.2 Å². The van der Waals surface area contributed by atoms with Gasteiger partial charge in [0.1, 0.15) is 10.2 Å². The number of benzene rings is 1. The number of hydrogen-bond acceptors (Lipinski definition) is 3. The van der Waals surface area contributed by atoms with Gasteiger partial charge in [0.05, 0.1) is 17.4 Å². The van der Waals surface area contributed by atoms with E-state index >= 15 is 0 Å². The lowest BCUT2D eigenvalue weighted by Crippen LogP contribution is -2.50. The van der Waals surface area contributed by atoms with Crippen molar-refractivity contribution < 1.29 is 22.4 Å². The molecular weight excluding hydrogens is 451 g/mol. The number of piperazine rings is 1. The van der Waals surface area contributed by atoms with Crippen LogP contribution in [0.5, 0.6) is 0 Å². The van der Waals surface area contributed by atoms with Crippen LogP contribution in [0.1, 0.15) is 19.4 Å². The van der Waals surface area contributed by atoms with Gasteiger partial charge in [-0.25, -0.2) is 4.39 Å². The Morgan fingerprint density at radius 1 is 1.21 bits per heavy atom. The highest BCUT2D eigenvalue weighted by atomic mass is 35.5. The maximum atomic E-state index is 14.5. The second kappa shape index (κ2) is 7.68. The Labute approximate surface area is 181 Å². The molecule has 0 N–H and O–H groups in total. The fraction of sp³-hybridized carbons (Fsp3) is 0.632. The number of carbonyl (C=O) groups is 1. The fourth-order valence-electron chi connectivity index (χ4n) is 3.67. The molecule has 1 aromatic carbocycles. The van der Waals surface area contributed by atoms with Gasteiger partial charge in [0.2, 0.25) is 5.91 Å². The summed E-state index contributed by atoms with van der Waals surface area (Å²) in [6, 6.07) is 2.72. The van der Waals surface area contributed by atoms with Crippen LogP contribution < -0.4 is 4.90 Å². The molecule has 3 nitrogen and oxygen atoms in total. The molecule has 1 amide bonds. The lowest BCUT2D eigenvalue weighted by molar-refractivity contribution is -0.133. The maximum Gasteiger partial charge on any atom is 0.398 e. The van der Waals surface area contributed by atoms with E-state index in [4.69, 9.17) is 23.2 Å². The van der Waals surface area contributed by atoms with Gasteiger partial charge in [0.25, 0.3) is 0 Å². The quantitative estimate of drug-likeness (QED) is 0.339. The predicted molar refractivity (Wildman–Crippen MR) is 108 cm³/mol. The van der Waals surface area contributed by atoms with Crippen molar-refractivity contribution in [2.45, 2.75) is 36.2 Å². The van der Waals surface area contributed by atoms with Gasteiger partial charge in [0, 0.05) is 36.5 Å². The third-order valence-corrected chi connectivity index (χ3v) is 8.31. The van der Waals surface area contributed by atoms with E-state index in [9.17, 15) is 22.4 Å². The van der Waals surface area contributed by atoms with E-state index in [1.165, 1.54) is 12.1 Å². The van der Waals surface area contributed by atoms with Crippen molar-refractivity contribution >= 4 is 46.6 Å². The van der Waals surface area contributed by atoms with Gasteiger partial charge < -0.3 is 9.80 Å². The predicted octanol–water partition coefficient (Wildman–Crippen LogP) is 5.27. The number of carbonyl (C=O) groups excluding carboxylic acids is 1. The molecule has 0 bridgehead atoms. The zero-order valence-electron chi connectivity index (χ0n) is 16.2. The molecule has 0 aromatic heterocycles. The molecule has 1 saturated carbocycles. The van der Waals surface area contributed by atoms with Crippen molar-refractivity contribution in [3.8, 4) is 0 Å². The highest BCUT2D eigenvalue weighted by Crippen LogP contribution is 2.69. The van der Waals surface area contributed by atoms with E-state index in [0.29, 0.717) is 48.4 Å². The number of aryl methyl sites for hydroxylation is 1. The van der Waals surface area contributed by atoms with Crippen LogP contribution in [0.25, 0.3) is 0 Å². The number of alkyl halides is 5. The fourth-order valence-corrected chi connectivity index (χ4v) is 5.31. The third kappa shape index (κ3) is 4.44. The first kappa shape index (κ1) is 22.8.